The van der Waals surface area contributed by atoms with Crippen molar-refractivity contribution in [2.75, 3.05) is 11.9 Å². The van der Waals surface area contributed by atoms with Crippen LogP contribution in [0.25, 0.3) is 0 Å². The van der Waals surface area contributed by atoms with Crippen LogP contribution in [-0.4, -0.2) is 6.54 Å². The van der Waals surface area contributed by atoms with Gasteiger partial charge >= 0.3 is 0 Å². The van der Waals surface area contributed by atoms with Crippen molar-refractivity contribution in [2.45, 2.75) is 19.9 Å². The lowest BCUT2D eigenvalue weighted by molar-refractivity contribution is 0.481. The first-order valence-electron chi connectivity index (χ1n) is 5.78. The summed E-state index contributed by atoms with van der Waals surface area (Å²) in [5.74, 6) is 0.869. The van der Waals surface area contributed by atoms with Gasteiger partial charge in [-0.25, -0.2) is 0 Å². The molecule has 0 saturated heterocycles. The summed E-state index contributed by atoms with van der Waals surface area (Å²) in [5.41, 5.74) is 9.32. The molecular weight excluding hydrogens is 212 g/mol. The Balaban J connectivity index is 2.21. The Kier molecular flexibility index (Phi) is 3.49. The van der Waals surface area contributed by atoms with E-state index in [1.165, 1.54) is 11.1 Å². The van der Waals surface area contributed by atoms with Gasteiger partial charge in [0.25, 0.3) is 0 Å². The molecule has 17 heavy (non-hydrogen) atoms. The lowest BCUT2D eigenvalue weighted by Gasteiger charge is -2.18. The minimum atomic E-state index is 0.0190. The number of nitrogens with one attached hydrogen (secondary N) is 1. The highest BCUT2D eigenvalue weighted by Gasteiger charge is 2.13. The SMILES string of the molecule is Cc1ccc(C)c(NC(CN)c2ccco2)c1. The second-order valence-electron chi connectivity index (χ2n) is 4.27. The normalized spacial score (nSPS) is 12.4. The van der Waals surface area contributed by atoms with Crippen LogP contribution >= 0.6 is 0 Å². The summed E-state index contributed by atoms with van der Waals surface area (Å²) in [4.78, 5) is 0. The average Bonchev–Trinajstić information content (AvgIpc) is 2.84. The molecule has 0 aliphatic heterocycles. The zero-order valence-corrected chi connectivity index (χ0v) is 10.2. The molecule has 0 fully saturated rings. The van der Waals surface area contributed by atoms with Crippen LogP contribution in [0.5, 0.6) is 0 Å². The maximum absolute atomic E-state index is 5.78. The number of hydrogen-bond donors (Lipinski definition) is 2. The fraction of sp³-hybridized carbons (Fsp3) is 0.286. The van der Waals surface area contributed by atoms with Gasteiger partial charge in [-0.2, -0.15) is 0 Å². The molecule has 0 aliphatic carbocycles. The van der Waals surface area contributed by atoms with Gasteiger partial charge in [0.15, 0.2) is 0 Å². The number of furan rings is 1. The van der Waals surface area contributed by atoms with Crippen LogP contribution in [0.15, 0.2) is 41.0 Å². The van der Waals surface area contributed by atoms with E-state index in [1.807, 2.05) is 12.1 Å². The summed E-state index contributed by atoms with van der Waals surface area (Å²) in [6.07, 6.45) is 1.67. The topological polar surface area (TPSA) is 51.2 Å². The molecule has 0 saturated carbocycles. The van der Waals surface area contributed by atoms with E-state index in [9.17, 15) is 0 Å². The van der Waals surface area contributed by atoms with Gasteiger partial charge in [-0.3, -0.25) is 0 Å². The molecule has 1 heterocycles. The first-order valence-corrected chi connectivity index (χ1v) is 5.78. The molecule has 1 aromatic carbocycles. The third kappa shape index (κ3) is 2.68. The largest absolute Gasteiger partial charge is 0.467 e. The molecule has 1 atom stereocenters. The molecule has 0 aliphatic rings. The summed E-state index contributed by atoms with van der Waals surface area (Å²) >= 11 is 0. The zero-order chi connectivity index (χ0) is 12.3. The van der Waals surface area contributed by atoms with E-state index in [1.54, 1.807) is 6.26 Å². The minimum absolute atomic E-state index is 0.0190. The van der Waals surface area contributed by atoms with Gasteiger partial charge in [0.1, 0.15) is 5.76 Å². The Morgan fingerprint density at radius 3 is 2.76 bits per heavy atom. The van der Waals surface area contributed by atoms with Gasteiger partial charge < -0.3 is 15.5 Å². The van der Waals surface area contributed by atoms with Crippen molar-refractivity contribution in [3.63, 3.8) is 0 Å². The van der Waals surface area contributed by atoms with Gasteiger partial charge in [0, 0.05) is 12.2 Å². The van der Waals surface area contributed by atoms with Crippen LogP contribution in [0.4, 0.5) is 5.69 Å². The number of nitrogens with two attached hydrogens (primary N) is 1. The molecule has 0 bridgehead atoms. The van der Waals surface area contributed by atoms with E-state index < -0.39 is 0 Å². The van der Waals surface area contributed by atoms with Crippen molar-refractivity contribution in [1.82, 2.24) is 0 Å². The highest BCUT2D eigenvalue weighted by atomic mass is 16.3. The number of hydrogen-bond acceptors (Lipinski definition) is 3. The minimum Gasteiger partial charge on any atom is -0.467 e. The zero-order valence-electron chi connectivity index (χ0n) is 10.2. The lowest BCUT2D eigenvalue weighted by atomic mass is 10.1. The molecule has 2 aromatic rings. The van der Waals surface area contributed by atoms with Crippen LogP contribution in [-0.2, 0) is 0 Å². The van der Waals surface area contributed by atoms with E-state index in [0.29, 0.717) is 6.54 Å². The van der Waals surface area contributed by atoms with Crippen LogP contribution in [0, 0.1) is 13.8 Å². The number of aryl methyl sites for hydroxylation is 2. The molecule has 3 nitrogen and oxygen atoms in total. The number of benzene rings is 1. The van der Waals surface area contributed by atoms with Crippen molar-refractivity contribution in [2.24, 2.45) is 5.73 Å². The molecule has 3 heteroatoms. The van der Waals surface area contributed by atoms with E-state index in [0.717, 1.165) is 11.4 Å². The Labute approximate surface area is 102 Å². The van der Waals surface area contributed by atoms with Crippen molar-refractivity contribution < 1.29 is 4.42 Å². The van der Waals surface area contributed by atoms with Crippen molar-refractivity contribution in [3.05, 3.63) is 53.5 Å². The second-order valence-corrected chi connectivity index (χ2v) is 4.27. The summed E-state index contributed by atoms with van der Waals surface area (Å²) in [7, 11) is 0. The second kappa shape index (κ2) is 5.06. The third-order valence-corrected chi connectivity index (χ3v) is 2.85. The molecule has 0 amide bonds. The highest BCUT2D eigenvalue weighted by Crippen LogP contribution is 2.23. The van der Waals surface area contributed by atoms with E-state index in [-0.39, 0.29) is 6.04 Å². The summed E-state index contributed by atoms with van der Waals surface area (Å²) in [6, 6.07) is 10.2. The first-order chi connectivity index (χ1) is 8.20. The van der Waals surface area contributed by atoms with E-state index in [2.05, 4.69) is 37.4 Å². The Morgan fingerprint density at radius 1 is 1.29 bits per heavy atom. The van der Waals surface area contributed by atoms with E-state index in [4.69, 9.17) is 10.2 Å². The standard InChI is InChI=1S/C14H18N2O/c1-10-5-6-11(2)12(8-10)16-13(9-15)14-4-3-7-17-14/h3-8,13,16H,9,15H2,1-2H3. The summed E-state index contributed by atoms with van der Waals surface area (Å²) in [5, 5.41) is 3.42. The molecule has 2 rings (SSSR count). The molecule has 0 spiro atoms. The summed E-state index contributed by atoms with van der Waals surface area (Å²) in [6.45, 7) is 4.66. The predicted octanol–water partition coefficient (Wildman–Crippen LogP) is 3.01. The maximum Gasteiger partial charge on any atom is 0.127 e. The predicted molar refractivity (Wildman–Crippen MR) is 70.0 cm³/mol. The Hall–Kier alpha value is -1.74. The van der Waals surface area contributed by atoms with Crippen LogP contribution in [0.3, 0.4) is 0 Å². The lowest BCUT2D eigenvalue weighted by Crippen LogP contribution is -2.20. The molecule has 90 valence electrons. The molecule has 1 aromatic heterocycles. The quantitative estimate of drug-likeness (QED) is 0.849. The van der Waals surface area contributed by atoms with Gasteiger partial charge in [-0.15, -0.1) is 0 Å². The van der Waals surface area contributed by atoms with Crippen molar-refractivity contribution in [1.29, 1.82) is 0 Å². The number of rotatable bonds is 4. The monoisotopic (exact) mass is 230 g/mol. The van der Waals surface area contributed by atoms with Crippen molar-refractivity contribution >= 4 is 5.69 Å². The van der Waals surface area contributed by atoms with Crippen LogP contribution in [0.1, 0.15) is 22.9 Å². The smallest absolute Gasteiger partial charge is 0.127 e. The van der Waals surface area contributed by atoms with Gasteiger partial charge in [0.2, 0.25) is 0 Å². The fourth-order valence-corrected chi connectivity index (χ4v) is 1.81. The fourth-order valence-electron chi connectivity index (χ4n) is 1.81. The van der Waals surface area contributed by atoms with Crippen LogP contribution < -0.4 is 11.1 Å². The van der Waals surface area contributed by atoms with Crippen molar-refractivity contribution in [3.8, 4) is 0 Å². The Morgan fingerprint density at radius 2 is 2.12 bits per heavy atom. The molecule has 3 N–H and O–H groups in total. The highest BCUT2D eigenvalue weighted by molar-refractivity contribution is 5.53. The van der Waals surface area contributed by atoms with Gasteiger partial charge in [-0.1, -0.05) is 12.1 Å². The maximum atomic E-state index is 5.78. The molecule has 0 radical (unpaired) electrons. The van der Waals surface area contributed by atoms with Crippen LogP contribution in [0.2, 0.25) is 0 Å². The Bertz CT molecular complexity index is 477. The third-order valence-electron chi connectivity index (χ3n) is 2.85. The average molecular weight is 230 g/mol. The number of anilines is 1. The molecule has 1 unspecified atom stereocenters. The summed E-state index contributed by atoms with van der Waals surface area (Å²) < 4.78 is 5.39. The van der Waals surface area contributed by atoms with Gasteiger partial charge in [0.05, 0.1) is 12.3 Å². The van der Waals surface area contributed by atoms with E-state index >= 15 is 0 Å². The first kappa shape index (κ1) is 11.7. The van der Waals surface area contributed by atoms with Gasteiger partial charge in [-0.05, 0) is 43.2 Å². The molecular formula is C14H18N2O.